The second kappa shape index (κ2) is 5.86. The predicted molar refractivity (Wildman–Crippen MR) is 79.5 cm³/mol. The molecule has 112 valence electrons. The molecule has 1 aromatic heterocycles. The lowest BCUT2D eigenvalue weighted by atomic mass is 9.71. The van der Waals surface area contributed by atoms with Crippen molar-refractivity contribution in [3.05, 3.63) is 18.2 Å². The van der Waals surface area contributed by atoms with E-state index in [9.17, 15) is 5.11 Å². The highest BCUT2D eigenvalue weighted by Gasteiger charge is 2.42. The van der Waals surface area contributed by atoms with Crippen molar-refractivity contribution in [3.63, 3.8) is 0 Å². The van der Waals surface area contributed by atoms with Crippen molar-refractivity contribution in [1.29, 1.82) is 0 Å². The fraction of sp³-hybridized carbons (Fsp3) is 0.812. The van der Waals surface area contributed by atoms with E-state index in [4.69, 9.17) is 0 Å². The lowest BCUT2D eigenvalue weighted by molar-refractivity contribution is -0.0954. The maximum atomic E-state index is 10.7. The molecule has 2 fully saturated rings. The normalized spacial score (nSPS) is 31.2. The van der Waals surface area contributed by atoms with Crippen molar-refractivity contribution < 1.29 is 5.11 Å². The molecular formula is C16H27N3O. The first-order valence-corrected chi connectivity index (χ1v) is 8.10. The van der Waals surface area contributed by atoms with Crippen molar-refractivity contribution in [2.45, 2.75) is 57.6 Å². The van der Waals surface area contributed by atoms with E-state index in [0.29, 0.717) is 5.92 Å². The van der Waals surface area contributed by atoms with Crippen molar-refractivity contribution in [2.75, 3.05) is 19.6 Å². The minimum absolute atomic E-state index is 0.338. The summed E-state index contributed by atoms with van der Waals surface area (Å²) in [6, 6.07) is 0. The van der Waals surface area contributed by atoms with E-state index < -0.39 is 0 Å². The Balaban J connectivity index is 1.46. The third-order valence-corrected chi connectivity index (χ3v) is 5.31. The van der Waals surface area contributed by atoms with Crippen LogP contribution in [0.25, 0.3) is 0 Å². The van der Waals surface area contributed by atoms with E-state index in [0.717, 1.165) is 44.8 Å². The molecule has 0 aromatic carbocycles. The zero-order valence-corrected chi connectivity index (χ0v) is 12.6. The smallest absolute Gasteiger partial charge is 0.105 e. The number of hydrogen-bond donors (Lipinski definition) is 1. The lowest BCUT2D eigenvalue weighted by Gasteiger charge is -2.47. The number of aryl methyl sites for hydroxylation is 2. The average molecular weight is 277 g/mol. The molecule has 1 aromatic rings. The lowest BCUT2D eigenvalue weighted by Crippen LogP contribution is -2.53. The summed E-state index contributed by atoms with van der Waals surface area (Å²) in [4.78, 5) is 6.81. The van der Waals surface area contributed by atoms with E-state index in [1.807, 2.05) is 6.20 Å². The van der Waals surface area contributed by atoms with Crippen LogP contribution in [-0.4, -0.2) is 44.8 Å². The van der Waals surface area contributed by atoms with Gasteiger partial charge in [-0.2, -0.15) is 0 Å². The van der Waals surface area contributed by atoms with E-state index in [-0.39, 0.29) is 5.60 Å². The van der Waals surface area contributed by atoms with E-state index in [2.05, 4.69) is 27.6 Å². The molecule has 0 radical (unpaired) electrons. The molecule has 1 aliphatic carbocycles. The van der Waals surface area contributed by atoms with Gasteiger partial charge in [0.15, 0.2) is 0 Å². The summed E-state index contributed by atoms with van der Waals surface area (Å²) >= 11 is 0. The monoisotopic (exact) mass is 277 g/mol. The summed E-state index contributed by atoms with van der Waals surface area (Å²) < 4.78 is 2.22. The molecule has 2 unspecified atom stereocenters. The van der Waals surface area contributed by atoms with E-state index in [1.54, 1.807) is 0 Å². The SMILES string of the molecule is Cc1nccn1CCCN1CCC2(O)CCCCC2C1. The number of nitrogens with zero attached hydrogens (tertiary/aromatic N) is 3. The molecular weight excluding hydrogens is 250 g/mol. The van der Waals surface area contributed by atoms with Gasteiger partial charge in [-0.15, -0.1) is 0 Å². The zero-order valence-electron chi connectivity index (χ0n) is 12.6. The quantitative estimate of drug-likeness (QED) is 0.917. The van der Waals surface area contributed by atoms with Crippen molar-refractivity contribution >= 4 is 0 Å². The highest BCUT2D eigenvalue weighted by Crippen LogP contribution is 2.39. The number of rotatable bonds is 4. The second-order valence-corrected chi connectivity index (χ2v) is 6.62. The molecule has 2 aliphatic rings. The molecule has 1 aliphatic heterocycles. The van der Waals surface area contributed by atoms with Crippen LogP contribution in [0.15, 0.2) is 12.4 Å². The largest absolute Gasteiger partial charge is 0.390 e. The van der Waals surface area contributed by atoms with Crippen LogP contribution < -0.4 is 0 Å². The fourth-order valence-corrected chi connectivity index (χ4v) is 3.95. The van der Waals surface area contributed by atoms with Gasteiger partial charge in [0, 0.05) is 37.9 Å². The zero-order chi connectivity index (χ0) is 14.0. The Bertz CT molecular complexity index is 445. The summed E-state index contributed by atoms with van der Waals surface area (Å²) in [5, 5.41) is 10.7. The molecule has 2 heterocycles. The predicted octanol–water partition coefficient (Wildman–Crippen LogP) is 2.21. The van der Waals surface area contributed by atoms with Crippen LogP contribution in [0.4, 0.5) is 0 Å². The molecule has 4 nitrogen and oxygen atoms in total. The Morgan fingerprint density at radius 2 is 2.25 bits per heavy atom. The van der Waals surface area contributed by atoms with Crippen LogP contribution in [0.5, 0.6) is 0 Å². The number of fused-ring (bicyclic) bond motifs is 1. The molecule has 3 rings (SSSR count). The molecule has 0 spiro atoms. The van der Waals surface area contributed by atoms with Gasteiger partial charge in [-0.05, 0) is 39.2 Å². The summed E-state index contributed by atoms with van der Waals surface area (Å²) in [5.74, 6) is 1.62. The number of aromatic nitrogens is 2. The van der Waals surface area contributed by atoms with Crippen molar-refractivity contribution in [3.8, 4) is 0 Å². The minimum atomic E-state index is -0.338. The highest BCUT2D eigenvalue weighted by atomic mass is 16.3. The van der Waals surface area contributed by atoms with Gasteiger partial charge in [0.25, 0.3) is 0 Å². The van der Waals surface area contributed by atoms with Crippen molar-refractivity contribution in [2.24, 2.45) is 5.92 Å². The molecule has 0 bridgehead atoms. The number of piperidine rings is 1. The molecule has 2 atom stereocenters. The second-order valence-electron chi connectivity index (χ2n) is 6.62. The molecule has 20 heavy (non-hydrogen) atoms. The first kappa shape index (κ1) is 14.1. The Hall–Kier alpha value is -0.870. The first-order chi connectivity index (χ1) is 9.67. The van der Waals surface area contributed by atoms with Crippen LogP contribution in [0, 0.1) is 12.8 Å². The summed E-state index contributed by atoms with van der Waals surface area (Å²) in [7, 11) is 0. The van der Waals surface area contributed by atoms with Gasteiger partial charge in [0.1, 0.15) is 5.82 Å². The van der Waals surface area contributed by atoms with E-state index >= 15 is 0 Å². The summed E-state index contributed by atoms with van der Waals surface area (Å²) in [6.45, 7) is 6.42. The first-order valence-electron chi connectivity index (χ1n) is 8.10. The van der Waals surface area contributed by atoms with Gasteiger partial charge >= 0.3 is 0 Å². The summed E-state index contributed by atoms with van der Waals surface area (Å²) in [5.41, 5.74) is -0.338. The fourth-order valence-electron chi connectivity index (χ4n) is 3.95. The Morgan fingerprint density at radius 3 is 3.05 bits per heavy atom. The van der Waals surface area contributed by atoms with Gasteiger partial charge in [-0.1, -0.05) is 12.8 Å². The topological polar surface area (TPSA) is 41.3 Å². The van der Waals surface area contributed by atoms with Crippen LogP contribution in [0.2, 0.25) is 0 Å². The average Bonchev–Trinajstić information content (AvgIpc) is 2.84. The van der Waals surface area contributed by atoms with Crippen LogP contribution in [0.3, 0.4) is 0 Å². The Morgan fingerprint density at radius 1 is 1.35 bits per heavy atom. The van der Waals surface area contributed by atoms with Gasteiger partial charge < -0.3 is 14.6 Å². The van der Waals surface area contributed by atoms with Crippen LogP contribution in [-0.2, 0) is 6.54 Å². The number of imidazole rings is 1. The number of likely N-dealkylation sites (tertiary alicyclic amines) is 1. The van der Waals surface area contributed by atoms with Crippen LogP contribution >= 0.6 is 0 Å². The molecule has 1 saturated heterocycles. The van der Waals surface area contributed by atoms with Crippen molar-refractivity contribution in [1.82, 2.24) is 14.5 Å². The highest BCUT2D eigenvalue weighted by molar-refractivity contribution is 4.95. The summed E-state index contributed by atoms with van der Waals surface area (Å²) in [6.07, 6.45) is 10.8. The van der Waals surface area contributed by atoms with Gasteiger partial charge in [0.05, 0.1) is 5.60 Å². The third kappa shape index (κ3) is 2.91. The molecule has 0 amide bonds. The number of hydrogen-bond acceptors (Lipinski definition) is 3. The number of aliphatic hydroxyl groups is 1. The Labute approximate surface area is 121 Å². The van der Waals surface area contributed by atoms with Crippen LogP contribution in [0.1, 0.15) is 44.3 Å². The molecule has 1 saturated carbocycles. The maximum absolute atomic E-state index is 10.7. The molecule has 4 heteroatoms. The standard InChI is InChI=1S/C16H27N3O/c1-14-17-8-12-19(14)10-4-9-18-11-7-16(20)6-3-2-5-15(16)13-18/h8,12,15,20H,2-7,9-11,13H2,1H3. The molecule has 1 N–H and O–H groups in total. The maximum Gasteiger partial charge on any atom is 0.105 e. The van der Waals surface area contributed by atoms with Gasteiger partial charge in [-0.25, -0.2) is 4.98 Å². The van der Waals surface area contributed by atoms with Gasteiger partial charge in [-0.3, -0.25) is 0 Å². The van der Waals surface area contributed by atoms with Gasteiger partial charge in [0.2, 0.25) is 0 Å². The van der Waals surface area contributed by atoms with E-state index in [1.165, 1.54) is 25.7 Å². The minimum Gasteiger partial charge on any atom is -0.390 e. The Kier molecular flexibility index (Phi) is 4.13. The third-order valence-electron chi connectivity index (χ3n) is 5.31.